The van der Waals surface area contributed by atoms with E-state index in [1.165, 1.54) is 0 Å². The van der Waals surface area contributed by atoms with Gasteiger partial charge in [0.05, 0.1) is 11.4 Å². The standard InChI is InChI=1S/C12H12N2OS/c13-11-7-6-10(8-12(11)14)16(15)9-4-2-1-3-5-9/h1-8H,13-14H2. The van der Waals surface area contributed by atoms with Gasteiger partial charge in [0.1, 0.15) is 0 Å². The molecular weight excluding hydrogens is 220 g/mol. The Balaban J connectivity index is 2.34. The summed E-state index contributed by atoms with van der Waals surface area (Å²) in [6.07, 6.45) is 0. The van der Waals surface area contributed by atoms with Gasteiger partial charge in [-0.2, -0.15) is 0 Å². The zero-order valence-corrected chi connectivity index (χ0v) is 9.41. The van der Waals surface area contributed by atoms with Gasteiger partial charge in [-0.05, 0) is 24.3 Å². The molecule has 0 aromatic heterocycles. The number of nitrogen functional groups attached to an aromatic ring is 2. The van der Waals surface area contributed by atoms with E-state index in [9.17, 15) is 4.55 Å². The lowest BCUT2D eigenvalue weighted by atomic mass is 10.3. The molecule has 2 aromatic rings. The van der Waals surface area contributed by atoms with E-state index >= 15 is 0 Å². The average Bonchev–Trinajstić information content (AvgIpc) is 2.33. The molecule has 0 saturated heterocycles. The molecule has 0 heterocycles. The molecule has 16 heavy (non-hydrogen) atoms. The average molecular weight is 232 g/mol. The molecule has 0 aliphatic rings. The van der Waals surface area contributed by atoms with Gasteiger partial charge in [0.15, 0.2) is 9.79 Å². The molecule has 4 N–H and O–H groups in total. The number of hydrogen-bond donors (Lipinski definition) is 2. The molecule has 0 radical (unpaired) electrons. The Hall–Kier alpha value is -1.65. The van der Waals surface area contributed by atoms with Crippen LogP contribution in [0.4, 0.5) is 11.4 Å². The van der Waals surface area contributed by atoms with E-state index in [1.807, 2.05) is 30.3 Å². The van der Waals surface area contributed by atoms with Crippen molar-refractivity contribution in [3.63, 3.8) is 0 Å². The highest BCUT2D eigenvalue weighted by Crippen LogP contribution is 2.24. The van der Waals surface area contributed by atoms with Crippen molar-refractivity contribution in [2.24, 2.45) is 0 Å². The molecule has 82 valence electrons. The normalized spacial score (nSPS) is 12.3. The monoisotopic (exact) mass is 232 g/mol. The molecule has 2 aromatic carbocycles. The molecule has 0 fully saturated rings. The third-order valence-electron chi connectivity index (χ3n) is 2.23. The number of anilines is 2. The Morgan fingerprint density at radius 2 is 1.50 bits per heavy atom. The molecule has 4 heteroatoms. The SMILES string of the molecule is Nc1ccc([S+]([O-])c2ccccc2)cc1N. The van der Waals surface area contributed by atoms with Crippen LogP contribution in [0.3, 0.4) is 0 Å². The highest BCUT2D eigenvalue weighted by atomic mass is 32.2. The molecular formula is C12H12N2OS. The lowest BCUT2D eigenvalue weighted by molar-refractivity contribution is 0.595. The van der Waals surface area contributed by atoms with E-state index in [0.29, 0.717) is 16.3 Å². The van der Waals surface area contributed by atoms with Crippen LogP contribution in [0.2, 0.25) is 0 Å². The maximum atomic E-state index is 12.1. The summed E-state index contributed by atoms with van der Waals surface area (Å²) in [4.78, 5) is 1.42. The predicted molar refractivity (Wildman–Crippen MR) is 66.4 cm³/mol. The van der Waals surface area contributed by atoms with Crippen LogP contribution in [-0.2, 0) is 11.2 Å². The zero-order valence-electron chi connectivity index (χ0n) is 8.59. The van der Waals surface area contributed by atoms with Crippen molar-refractivity contribution in [3.05, 3.63) is 48.5 Å². The number of hydrogen-bond acceptors (Lipinski definition) is 3. The summed E-state index contributed by atoms with van der Waals surface area (Å²) in [7, 11) is 0. The number of benzene rings is 2. The maximum Gasteiger partial charge on any atom is 0.160 e. The predicted octanol–water partition coefficient (Wildman–Crippen LogP) is 2.02. The van der Waals surface area contributed by atoms with Crippen molar-refractivity contribution in [2.45, 2.75) is 9.79 Å². The van der Waals surface area contributed by atoms with Gasteiger partial charge in [0, 0.05) is 17.2 Å². The summed E-state index contributed by atoms with van der Waals surface area (Å²) < 4.78 is 12.1. The molecule has 0 saturated carbocycles. The summed E-state index contributed by atoms with van der Waals surface area (Å²) in [5, 5.41) is 0. The lowest BCUT2D eigenvalue weighted by Crippen LogP contribution is -2.03. The van der Waals surface area contributed by atoms with Gasteiger partial charge < -0.3 is 16.0 Å². The van der Waals surface area contributed by atoms with Gasteiger partial charge in [-0.25, -0.2) is 0 Å². The smallest absolute Gasteiger partial charge is 0.160 e. The van der Waals surface area contributed by atoms with Crippen LogP contribution in [-0.4, -0.2) is 4.55 Å². The first-order chi connectivity index (χ1) is 7.68. The first-order valence-electron chi connectivity index (χ1n) is 4.80. The van der Waals surface area contributed by atoms with Gasteiger partial charge in [0.25, 0.3) is 0 Å². The van der Waals surface area contributed by atoms with E-state index in [2.05, 4.69) is 0 Å². The highest BCUT2D eigenvalue weighted by molar-refractivity contribution is 7.91. The summed E-state index contributed by atoms with van der Waals surface area (Å²) >= 11 is -1.20. The van der Waals surface area contributed by atoms with Crippen molar-refractivity contribution in [1.82, 2.24) is 0 Å². The van der Waals surface area contributed by atoms with Gasteiger partial charge >= 0.3 is 0 Å². The van der Waals surface area contributed by atoms with Gasteiger partial charge in [-0.1, -0.05) is 18.2 Å². The zero-order chi connectivity index (χ0) is 11.5. The molecule has 0 aliphatic carbocycles. The summed E-state index contributed by atoms with van der Waals surface area (Å²) in [5.41, 5.74) is 12.2. The fourth-order valence-electron chi connectivity index (χ4n) is 1.35. The van der Waals surface area contributed by atoms with Crippen molar-refractivity contribution < 1.29 is 4.55 Å². The summed E-state index contributed by atoms with van der Waals surface area (Å²) in [6, 6.07) is 14.3. The van der Waals surface area contributed by atoms with Crippen LogP contribution in [0.5, 0.6) is 0 Å². The van der Waals surface area contributed by atoms with Crippen LogP contribution >= 0.6 is 0 Å². The highest BCUT2D eigenvalue weighted by Gasteiger charge is 2.14. The Morgan fingerprint density at radius 1 is 0.812 bits per heavy atom. The van der Waals surface area contributed by atoms with Crippen molar-refractivity contribution in [3.8, 4) is 0 Å². The number of nitrogens with two attached hydrogens (primary N) is 2. The van der Waals surface area contributed by atoms with Gasteiger partial charge in [0.2, 0.25) is 0 Å². The first-order valence-corrected chi connectivity index (χ1v) is 5.95. The van der Waals surface area contributed by atoms with Gasteiger partial charge in [-0.15, -0.1) is 0 Å². The third-order valence-corrected chi connectivity index (χ3v) is 3.61. The van der Waals surface area contributed by atoms with E-state index in [-0.39, 0.29) is 0 Å². The molecule has 0 aliphatic heterocycles. The molecule has 1 unspecified atom stereocenters. The molecule has 0 spiro atoms. The second kappa shape index (κ2) is 4.47. The lowest BCUT2D eigenvalue weighted by Gasteiger charge is -2.10. The second-order valence-electron chi connectivity index (χ2n) is 3.37. The Labute approximate surface area is 97.3 Å². The van der Waals surface area contributed by atoms with Crippen molar-refractivity contribution in [2.75, 3.05) is 11.5 Å². The molecule has 3 nitrogen and oxygen atoms in total. The largest absolute Gasteiger partial charge is 0.606 e. The van der Waals surface area contributed by atoms with E-state index < -0.39 is 11.2 Å². The minimum absolute atomic E-state index is 0.460. The van der Waals surface area contributed by atoms with Crippen LogP contribution in [0, 0.1) is 0 Å². The maximum absolute atomic E-state index is 12.1. The van der Waals surface area contributed by atoms with Crippen molar-refractivity contribution in [1.29, 1.82) is 0 Å². The van der Waals surface area contributed by atoms with Crippen molar-refractivity contribution >= 4 is 22.6 Å². The third kappa shape index (κ3) is 2.13. The number of rotatable bonds is 2. The minimum Gasteiger partial charge on any atom is -0.606 e. The summed E-state index contributed by atoms with van der Waals surface area (Å²) in [5.74, 6) is 0. The van der Waals surface area contributed by atoms with Crippen LogP contribution < -0.4 is 11.5 Å². The molecule has 2 rings (SSSR count). The fourth-order valence-corrected chi connectivity index (χ4v) is 2.45. The van der Waals surface area contributed by atoms with Crippen LogP contribution in [0.1, 0.15) is 0 Å². The Kier molecular flexibility index (Phi) is 3.03. The Morgan fingerprint density at radius 3 is 2.12 bits per heavy atom. The second-order valence-corrected chi connectivity index (χ2v) is 4.85. The fraction of sp³-hybridized carbons (Fsp3) is 0. The first kappa shape index (κ1) is 10.9. The van der Waals surface area contributed by atoms with E-state index in [0.717, 1.165) is 4.90 Å². The van der Waals surface area contributed by atoms with Crippen LogP contribution in [0.15, 0.2) is 58.3 Å². The van der Waals surface area contributed by atoms with Gasteiger partial charge in [-0.3, -0.25) is 0 Å². The molecule has 0 amide bonds. The quantitative estimate of drug-likeness (QED) is 0.614. The van der Waals surface area contributed by atoms with Crippen LogP contribution in [0.25, 0.3) is 0 Å². The molecule has 1 atom stereocenters. The van der Waals surface area contributed by atoms with E-state index in [1.54, 1.807) is 18.2 Å². The minimum atomic E-state index is -1.20. The molecule has 0 bridgehead atoms. The topological polar surface area (TPSA) is 75.1 Å². The van der Waals surface area contributed by atoms with E-state index in [4.69, 9.17) is 11.5 Å². The summed E-state index contributed by atoms with van der Waals surface area (Å²) in [6.45, 7) is 0. The Bertz CT molecular complexity index is 488.